The van der Waals surface area contributed by atoms with E-state index in [4.69, 9.17) is 5.84 Å². The molecular formula is C18H39N3. The fraction of sp³-hybridized carbons (Fsp3) is 1.00. The highest BCUT2D eigenvalue weighted by atomic mass is 15.3. The summed E-state index contributed by atoms with van der Waals surface area (Å²) in [6, 6.07) is 0.405. The molecular weight excluding hydrogens is 258 g/mol. The van der Waals surface area contributed by atoms with Crippen molar-refractivity contribution in [1.29, 1.82) is 0 Å². The molecule has 1 rings (SSSR count). The van der Waals surface area contributed by atoms with Crippen molar-refractivity contribution >= 4 is 0 Å². The van der Waals surface area contributed by atoms with Crippen molar-refractivity contribution in [3.8, 4) is 0 Å². The van der Waals surface area contributed by atoms with Gasteiger partial charge in [-0.15, -0.1) is 0 Å². The topological polar surface area (TPSA) is 41.3 Å². The summed E-state index contributed by atoms with van der Waals surface area (Å²) in [5.41, 5.74) is 3.46. The van der Waals surface area contributed by atoms with Crippen molar-refractivity contribution in [3.05, 3.63) is 0 Å². The molecule has 1 aliphatic rings. The molecule has 3 heteroatoms. The first-order valence-corrected chi connectivity index (χ1v) is 9.21. The second kappa shape index (κ2) is 8.50. The summed E-state index contributed by atoms with van der Waals surface area (Å²) < 4.78 is 0. The van der Waals surface area contributed by atoms with E-state index in [9.17, 15) is 0 Å². The van der Waals surface area contributed by atoms with Gasteiger partial charge in [0.05, 0.1) is 0 Å². The number of likely N-dealkylation sites (N-methyl/N-ethyl adjacent to an activating group) is 1. The first-order valence-electron chi connectivity index (χ1n) is 9.21. The summed E-state index contributed by atoms with van der Waals surface area (Å²) in [5, 5.41) is 0. The van der Waals surface area contributed by atoms with Gasteiger partial charge in [-0.3, -0.25) is 16.2 Å². The maximum Gasteiger partial charge on any atom is 0.0422 e. The van der Waals surface area contributed by atoms with E-state index in [0.29, 0.717) is 12.0 Å². The fourth-order valence-electron chi connectivity index (χ4n) is 4.81. The van der Waals surface area contributed by atoms with Gasteiger partial charge in [-0.1, -0.05) is 48.0 Å². The van der Waals surface area contributed by atoms with Crippen LogP contribution in [0.3, 0.4) is 0 Å². The minimum absolute atomic E-state index is 0.198. The van der Waals surface area contributed by atoms with Crippen molar-refractivity contribution < 1.29 is 0 Å². The zero-order valence-electron chi connectivity index (χ0n) is 15.3. The van der Waals surface area contributed by atoms with Crippen molar-refractivity contribution in [3.63, 3.8) is 0 Å². The maximum absolute atomic E-state index is 6.09. The third-order valence-corrected chi connectivity index (χ3v) is 6.49. The van der Waals surface area contributed by atoms with Gasteiger partial charge in [0, 0.05) is 11.6 Å². The predicted molar refractivity (Wildman–Crippen MR) is 93.0 cm³/mol. The molecule has 1 fully saturated rings. The van der Waals surface area contributed by atoms with E-state index in [1.54, 1.807) is 0 Å². The van der Waals surface area contributed by atoms with Gasteiger partial charge in [0.15, 0.2) is 0 Å². The molecule has 3 nitrogen and oxygen atoms in total. The Morgan fingerprint density at radius 1 is 1.05 bits per heavy atom. The molecule has 0 amide bonds. The lowest BCUT2D eigenvalue weighted by Gasteiger charge is -2.52. The summed E-state index contributed by atoms with van der Waals surface area (Å²) in [6.07, 6.45) is 6.33. The van der Waals surface area contributed by atoms with Gasteiger partial charge in [0.25, 0.3) is 0 Å². The van der Waals surface area contributed by atoms with E-state index in [2.05, 4.69) is 51.9 Å². The number of hydrogen-bond donors (Lipinski definition) is 2. The van der Waals surface area contributed by atoms with E-state index in [1.165, 1.54) is 32.1 Å². The molecule has 0 radical (unpaired) electrons. The molecule has 0 aromatic heterocycles. The number of rotatable bonds is 8. The zero-order chi connectivity index (χ0) is 16.0. The number of nitrogens with zero attached hydrogens (tertiary/aromatic N) is 1. The van der Waals surface area contributed by atoms with Crippen molar-refractivity contribution in [2.45, 2.75) is 85.2 Å². The number of hydrazine groups is 1. The standard InChI is InChI=1S/C18H39N3/c1-7-18(8-2,21(9-3)10-4)17(20-19)16-12-11-14(5)15(6)13-16/h14-17,20H,7-13,19H2,1-6H3. The summed E-state index contributed by atoms with van der Waals surface area (Å²) in [4.78, 5) is 2.64. The summed E-state index contributed by atoms with van der Waals surface area (Å²) in [5.74, 6) is 8.49. The van der Waals surface area contributed by atoms with Crippen LogP contribution >= 0.6 is 0 Å². The molecule has 0 saturated heterocycles. The molecule has 4 unspecified atom stereocenters. The number of nitrogens with one attached hydrogen (secondary N) is 1. The van der Waals surface area contributed by atoms with Gasteiger partial charge in [-0.05, 0) is 56.5 Å². The molecule has 126 valence electrons. The second-order valence-electron chi connectivity index (χ2n) is 7.16. The van der Waals surface area contributed by atoms with Gasteiger partial charge in [-0.25, -0.2) is 0 Å². The Hall–Kier alpha value is -0.120. The molecule has 0 heterocycles. The van der Waals surface area contributed by atoms with Gasteiger partial charge in [0.1, 0.15) is 0 Å². The van der Waals surface area contributed by atoms with Crippen molar-refractivity contribution in [1.82, 2.24) is 10.3 Å². The molecule has 3 N–H and O–H groups in total. The van der Waals surface area contributed by atoms with Crippen LogP contribution in [0.4, 0.5) is 0 Å². The maximum atomic E-state index is 6.09. The lowest BCUT2D eigenvalue weighted by atomic mass is 9.67. The molecule has 0 bridgehead atoms. The third-order valence-electron chi connectivity index (χ3n) is 6.49. The van der Waals surface area contributed by atoms with E-state index in [0.717, 1.165) is 24.9 Å². The Balaban J connectivity index is 3.02. The molecule has 0 spiro atoms. The van der Waals surface area contributed by atoms with Crippen LogP contribution in [0.1, 0.15) is 73.6 Å². The van der Waals surface area contributed by atoms with Crippen LogP contribution in [0.15, 0.2) is 0 Å². The largest absolute Gasteiger partial charge is 0.297 e. The smallest absolute Gasteiger partial charge is 0.0422 e. The Morgan fingerprint density at radius 3 is 2.00 bits per heavy atom. The van der Waals surface area contributed by atoms with E-state index >= 15 is 0 Å². The Morgan fingerprint density at radius 2 is 1.62 bits per heavy atom. The van der Waals surface area contributed by atoms with Crippen LogP contribution < -0.4 is 11.3 Å². The van der Waals surface area contributed by atoms with Gasteiger partial charge >= 0.3 is 0 Å². The second-order valence-corrected chi connectivity index (χ2v) is 7.16. The first-order chi connectivity index (χ1) is 10.00. The van der Waals surface area contributed by atoms with Crippen LogP contribution in [0.5, 0.6) is 0 Å². The summed E-state index contributed by atoms with van der Waals surface area (Å²) in [6.45, 7) is 16.3. The lowest BCUT2D eigenvalue weighted by molar-refractivity contribution is 0.00883. The van der Waals surface area contributed by atoms with E-state index < -0.39 is 0 Å². The minimum Gasteiger partial charge on any atom is -0.297 e. The summed E-state index contributed by atoms with van der Waals surface area (Å²) in [7, 11) is 0. The quantitative estimate of drug-likeness (QED) is 0.529. The van der Waals surface area contributed by atoms with Gasteiger partial charge < -0.3 is 0 Å². The first kappa shape index (κ1) is 18.9. The van der Waals surface area contributed by atoms with Crippen molar-refractivity contribution in [2.24, 2.45) is 23.6 Å². The number of hydrogen-bond acceptors (Lipinski definition) is 3. The molecule has 0 aromatic carbocycles. The Bertz CT molecular complexity index is 284. The molecule has 21 heavy (non-hydrogen) atoms. The van der Waals surface area contributed by atoms with Crippen LogP contribution in [0, 0.1) is 17.8 Å². The molecule has 0 aliphatic heterocycles. The highest BCUT2D eigenvalue weighted by molar-refractivity contribution is 5.02. The highest BCUT2D eigenvalue weighted by Gasteiger charge is 2.44. The van der Waals surface area contributed by atoms with Gasteiger partial charge in [0.2, 0.25) is 0 Å². The van der Waals surface area contributed by atoms with Crippen LogP contribution in [0.2, 0.25) is 0 Å². The van der Waals surface area contributed by atoms with E-state index in [1.807, 2.05) is 0 Å². The SMILES string of the molecule is CCN(CC)C(CC)(CC)C(NN)C1CCC(C)C(C)C1. The average molecular weight is 298 g/mol. The van der Waals surface area contributed by atoms with Crippen LogP contribution in [0.25, 0.3) is 0 Å². The molecule has 4 atom stereocenters. The number of nitrogens with two attached hydrogens (primary N) is 1. The fourth-order valence-corrected chi connectivity index (χ4v) is 4.81. The third kappa shape index (κ3) is 3.80. The van der Waals surface area contributed by atoms with Gasteiger partial charge in [-0.2, -0.15) is 0 Å². The minimum atomic E-state index is 0.198. The Kier molecular flexibility index (Phi) is 7.66. The molecule has 0 aromatic rings. The van der Waals surface area contributed by atoms with Crippen LogP contribution in [-0.2, 0) is 0 Å². The monoisotopic (exact) mass is 297 g/mol. The highest BCUT2D eigenvalue weighted by Crippen LogP contribution is 2.41. The lowest BCUT2D eigenvalue weighted by Crippen LogP contribution is -2.65. The molecule has 1 aliphatic carbocycles. The summed E-state index contributed by atoms with van der Waals surface area (Å²) >= 11 is 0. The predicted octanol–water partition coefficient (Wildman–Crippen LogP) is 3.79. The normalized spacial score (nSPS) is 28.9. The zero-order valence-corrected chi connectivity index (χ0v) is 15.3. The Labute approximate surface area is 133 Å². The van der Waals surface area contributed by atoms with Crippen molar-refractivity contribution in [2.75, 3.05) is 13.1 Å². The molecule has 1 saturated carbocycles. The van der Waals surface area contributed by atoms with Crippen LogP contribution in [-0.4, -0.2) is 29.6 Å². The van der Waals surface area contributed by atoms with E-state index in [-0.39, 0.29) is 5.54 Å². The average Bonchev–Trinajstić information content (AvgIpc) is 2.50.